The molecule has 1 aromatic heterocycles. The van der Waals surface area contributed by atoms with E-state index in [4.69, 9.17) is 5.73 Å². The van der Waals surface area contributed by atoms with Crippen LogP contribution in [0.4, 0.5) is 5.95 Å². The van der Waals surface area contributed by atoms with E-state index in [-0.39, 0.29) is 28.2 Å². The van der Waals surface area contributed by atoms with Gasteiger partial charge < -0.3 is 5.73 Å². The molecule has 0 aliphatic rings. The topological polar surface area (TPSA) is 80.5 Å². The Morgan fingerprint density at radius 3 is 1.89 bits per heavy atom. The minimum Gasteiger partial charge on any atom is -0.365 e. The molecule has 56 valence electrons. The average molecular weight is 133 g/mol. The number of aromatic nitrogens is 4. The lowest BCUT2D eigenvalue weighted by Crippen LogP contribution is -1.84. The summed E-state index contributed by atoms with van der Waals surface area (Å²) in [6.45, 7) is 0. The molecule has 0 aliphatic carbocycles. The predicted molar refractivity (Wildman–Crippen MR) is 38.8 cm³/mol. The summed E-state index contributed by atoms with van der Waals surface area (Å²) < 4.78 is 0. The van der Waals surface area contributed by atoms with Gasteiger partial charge in [0.1, 0.15) is 0 Å². The molecular weight excluding hydrogens is 118 g/mol. The van der Waals surface area contributed by atoms with Gasteiger partial charge in [-0.15, -0.1) is 5.10 Å². The highest BCUT2D eigenvalue weighted by atomic mass is 15.5. The first kappa shape index (κ1) is 15.7. The molecule has 0 saturated heterocycles. The van der Waals surface area contributed by atoms with Gasteiger partial charge in [-0.1, -0.05) is 27.4 Å². The quantitative estimate of drug-likeness (QED) is 0.545. The van der Waals surface area contributed by atoms with Crippen molar-refractivity contribution in [1.82, 2.24) is 20.6 Å². The van der Waals surface area contributed by atoms with E-state index >= 15 is 0 Å². The lowest BCUT2D eigenvalue weighted by molar-refractivity contribution is 0.881. The molecule has 9 heavy (non-hydrogen) atoms. The summed E-state index contributed by atoms with van der Waals surface area (Å²) >= 11 is 0. The Morgan fingerprint density at radius 2 is 1.78 bits per heavy atom. The molecule has 0 radical (unpaired) electrons. The van der Waals surface area contributed by atoms with E-state index < -0.39 is 0 Å². The Kier molecular flexibility index (Phi) is 12.0. The molecular formula is C4H15N5. The predicted octanol–water partition coefficient (Wildman–Crippen LogP) is 0.690. The molecule has 5 nitrogen and oxygen atoms in total. The summed E-state index contributed by atoms with van der Waals surface area (Å²) in [5.41, 5.74) is 4.96. The van der Waals surface area contributed by atoms with Gasteiger partial charge in [-0.25, -0.2) is 0 Å². The van der Waals surface area contributed by atoms with Gasteiger partial charge in [0.05, 0.1) is 0 Å². The third kappa shape index (κ3) is 4.73. The third-order valence-electron chi connectivity index (χ3n) is 0.362. The Bertz CT molecular complexity index is 113. The zero-order chi connectivity index (χ0) is 4.41. The van der Waals surface area contributed by atoms with E-state index in [1.165, 1.54) is 0 Å². The van der Waals surface area contributed by atoms with Crippen molar-refractivity contribution in [3.63, 3.8) is 0 Å². The van der Waals surface area contributed by atoms with Gasteiger partial charge >= 0.3 is 0 Å². The first-order chi connectivity index (χ1) is 2.89. The molecule has 0 aromatic carbocycles. The minimum atomic E-state index is 0. The maximum Gasteiger partial charge on any atom is 0.260 e. The van der Waals surface area contributed by atoms with Gasteiger partial charge in [0.15, 0.2) is 0 Å². The highest BCUT2D eigenvalue weighted by Gasteiger charge is 1.78. The number of nitrogen functional groups attached to an aromatic ring is 1. The standard InChI is InChI=1S/CH3N5.3CH4/c2-1-3-5-6-4-1;;;/h(H3,2,3,4,5,6);3*1H4. The number of aromatic amines is 1. The number of tetrazole rings is 1. The Balaban J connectivity index is -0.000000120. The lowest BCUT2D eigenvalue weighted by atomic mass is 11.2. The second-order valence-electron chi connectivity index (χ2n) is 0.770. The SMILES string of the molecule is C.C.C.Nc1nn[nH]n1. The van der Waals surface area contributed by atoms with Crippen LogP contribution in [0.2, 0.25) is 0 Å². The lowest BCUT2D eigenvalue weighted by Gasteiger charge is -1.62. The number of nitrogens with zero attached hydrogens (tertiary/aromatic N) is 3. The first-order valence-corrected chi connectivity index (χ1v) is 1.38. The number of hydrogen-bond acceptors (Lipinski definition) is 4. The van der Waals surface area contributed by atoms with Gasteiger partial charge in [-0.05, 0) is 5.21 Å². The van der Waals surface area contributed by atoms with Crippen LogP contribution in [-0.2, 0) is 0 Å². The second kappa shape index (κ2) is 6.87. The number of anilines is 1. The Hall–Kier alpha value is -1.13. The van der Waals surface area contributed by atoms with Gasteiger partial charge in [0.2, 0.25) is 0 Å². The molecule has 0 saturated carbocycles. The van der Waals surface area contributed by atoms with E-state index in [0.717, 1.165) is 0 Å². The number of nitrogens with two attached hydrogens (primary N) is 1. The fourth-order valence-corrected chi connectivity index (χ4v) is 0.170. The van der Waals surface area contributed by atoms with Crippen molar-refractivity contribution in [1.29, 1.82) is 0 Å². The molecule has 5 heteroatoms. The van der Waals surface area contributed by atoms with Crippen molar-refractivity contribution >= 4 is 5.95 Å². The largest absolute Gasteiger partial charge is 0.365 e. The van der Waals surface area contributed by atoms with Crippen molar-refractivity contribution in [2.45, 2.75) is 22.3 Å². The normalized spacial score (nSPS) is 5.78. The number of H-pyrrole nitrogens is 1. The van der Waals surface area contributed by atoms with Crippen LogP contribution in [0.5, 0.6) is 0 Å². The third-order valence-corrected chi connectivity index (χ3v) is 0.362. The van der Waals surface area contributed by atoms with Gasteiger partial charge in [0.25, 0.3) is 5.95 Å². The molecule has 1 aromatic rings. The van der Waals surface area contributed by atoms with Crippen LogP contribution in [0.25, 0.3) is 0 Å². The summed E-state index contributed by atoms with van der Waals surface area (Å²) in [5, 5.41) is 12.0. The van der Waals surface area contributed by atoms with Crippen LogP contribution >= 0.6 is 0 Å². The van der Waals surface area contributed by atoms with Crippen LogP contribution in [0, 0.1) is 0 Å². The summed E-state index contributed by atoms with van der Waals surface area (Å²) in [7, 11) is 0. The minimum absolute atomic E-state index is 0. The number of hydrogen-bond donors (Lipinski definition) is 2. The van der Waals surface area contributed by atoms with Crippen LogP contribution in [0.1, 0.15) is 22.3 Å². The van der Waals surface area contributed by atoms with Crippen molar-refractivity contribution in [2.75, 3.05) is 5.73 Å². The monoisotopic (exact) mass is 133 g/mol. The van der Waals surface area contributed by atoms with Crippen molar-refractivity contribution in [2.24, 2.45) is 0 Å². The molecule has 1 rings (SSSR count). The van der Waals surface area contributed by atoms with Crippen LogP contribution in [-0.4, -0.2) is 20.6 Å². The van der Waals surface area contributed by atoms with E-state index in [2.05, 4.69) is 20.6 Å². The smallest absolute Gasteiger partial charge is 0.260 e. The summed E-state index contributed by atoms with van der Waals surface area (Å²) in [6.07, 6.45) is 0. The van der Waals surface area contributed by atoms with Crippen molar-refractivity contribution < 1.29 is 0 Å². The van der Waals surface area contributed by atoms with E-state index in [1.54, 1.807) is 0 Å². The van der Waals surface area contributed by atoms with Gasteiger partial charge in [-0.3, -0.25) is 0 Å². The maximum absolute atomic E-state index is 4.96. The highest BCUT2D eigenvalue weighted by molar-refractivity contribution is 5.05. The second-order valence-corrected chi connectivity index (χ2v) is 0.770. The first-order valence-electron chi connectivity index (χ1n) is 1.38. The van der Waals surface area contributed by atoms with E-state index in [0.29, 0.717) is 0 Å². The van der Waals surface area contributed by atoms with Gasteiger partial charge in [-0.2, -0.15) is 5.21 Å². The molecule has 0 aliphatic heterocycles. The zero-order valence-corrected chi connectivity index (χ0v) is 2.92. The van der Waals surface area contributed by atoms with Crippen LogP contribution < -0.4 is 5.73 Å². The Morgan fingerprint density at radius 1 is 1.22 bits per heavy atom. The van der Waals surface area contributed by atoms with Crippen molar-refractivity contribution in [3.8, 4) is 0 Å². The van der Waals surface area contributed by atoms with E-state index in [1.807, 2.05) is 0 Å². The summed E-state index contributed by atoms with van der Waals surface area (Å²) in [6, 6.07) is 0. The van der Waals surface area contributed by atoms with Crippen molar-refractivity contribution in [3.05, 3.63) is 0 Å². The Labute approximate surface area is 55.7 Å². The van der Waals surface area contributed by atoms with Gasteiger partial charge in [0, 0.05) is 0 Å². The zero-order valence-electron chi connectivity index (χ0n) is 2.92. The summed E-state index contributed by atoms with van der Waals surface area (Å²) in [4.78, 5) is 0. The highest BCUT2D eigenvalue weighted by Crippen LogP contribution is 1.72. The molecule has 0 bridgehead atoms. The fourth-order valence-electron chi connectivity index (χ4n) is 0.170. The number of rotatable bonds is 0. The average Bonchev–Trinajstić information content (AvgIpc) is 1.86. The molecule has 0 amide bonds. The van der Waals surface area contributed by atoms with E-state index in [9.17, 15) is 0 Å². The molecule has 1 heterocycles. The molecule has 0 fully saturated rings. The maximum atomic E-state index is 4.96. The molecule has 0 spiro atoms. The molecule has 0 unspecified atom stereocenters. The summed E-state index contributed by atoms with van der Waals surface area (Å²) in [5.74, 6) is 0.176. The number of nitrogens with one attached hydrogen (secondary N) is 1. The molecule has 3 N–H and O–H groups in total. The van der Waals surface area contributed by atoms with Crippen LogP contribution in [0.3, 0.4) is 0 Å². The molecule has 0 atom stereocenters. The van der Waals surface area contributed by atoms with Crippen LogP contribution in [0.15, 0.2) is 0 Å². The fraction of sp³-hybridized carbons (Fsp3) is 0.750.